The summed E-state index contributed by atoms with van der Waals surface area (Å²) in [5.74, 6) is 1.10. The van der Waals surface area contributed by atoms with Gasteiger partial charge >= 0.3 is 0 Å². The number of unbranched alkanes of at least 4 members (excludes halogenated alkanes) is 2. The molecule has 0 N–H and O–H groups in total. The number of carbonyl (C=O) groups is 1. The minimum atomic E-state index is 0.253. The van der Waals surface area contributed by atoms with E-state index < -0.39 is 0 Å². The Morgan fingerprint density at radius 1 is 1.13 bits per heavy atom. The fraction of sp³-hybridized carbons (Fsp3) is 0.632. The van der Waals surface area contributed by atoms with Crippen molar-refractivity contribution in [3.05, 3.63) is 28.8 Å². The van der Waals surface area contributed by atoms with Crippen LogP contribution in [0.2, 0.25) is 5.02 Å². The van der Waals surface area contributed by atoms with Crippen LogP contribution in [-0.4, -0.2) is 30.5 Å². The van der Waals surface area contributed by atoms with Gasteiger partial charge in [0.25, 0.3) is 0 Å². The van der Waals surface area contributed by atoms with E-state index in [1.54, 1.807) is 0 Å². The summed E-state index contributed by atoms with van der Waals surface area (Å²) in [6.45, 7) is 8.61. The molecule has 0 heterocycles. The van der Waals surface area contributed by atoms with Crippen LogP contribution >= 0.6 is 11.6 Å². The number of nitrogens with zero attached hydrogens (tertiary/aromatic N) is 1. The Bertz CT molecular complexity index is 468. The molecule has 0 aliphatic rings. The van der Waals surface area contributed by atoms with E-state index in [1.807, 2.05) is 30.0 Å². The summed E-state index contributed by atoms with van der Waals surface area (Å²) in [6, 6.07) is 5.60. The highest BCUT2D eigenvalue weighted by Gasteiger charge is 2.12. The molecule has 0 atom stereocenters. The monoisotopic (exact) mass is 339 g/mol. The molecule has 0 saturated heterocycles. The first-order valence-electron chi connectivity index (χ1n) is 8.75. The van der Waals surface area contributed by atoms with Crippen molar-refractivity contribution in [2.45, 2.75) is 59.3 Å². The summed E-state index contributed by atoms with van der Waals surface area (Å²) in [5.41, 5.74) is 1.02. The second-order valence-corrected chi connectivity index (χ2v) is 6.39. The van der Waals surface area contributed by atoms with Gasteiger partial charge in [-0.05, 0) is 49.9 Å². The molecule has 1 amide bonds. The quantitative estimate of drug-likeness (QED) is 0.516. The van der Waals surface area contributed by atoms with Crippen molar-refractivity contribution in [3.8, 4) is 5.75 Å². The van der Waals surface area contributed by atoms with Crippen LogP contribution in [-0.2, 0) is 4.79 Å². The Hall–Kier alpha value is -1.22. The van der Waals surface area contributed by atoms with E-state index in [9.17, 15) is 4.79 Å². The van der Waals surface area contributed by atoms with Gasteiger partial charge in [0.1, 0.15) is 5.75 Å². The molecule has 0 radical (unpaired) electrons. The molecule has 1 aromatic rings. The van der Waals surface area contributed by atoms with Crippen molar-refractivity contribution in [3.63, 3.8) is 0 Å². The predicted molar refractivity (Wildman–Crippen MR) is 97.3 cm³/mol. The highest BCUT2D eigenvalue weighted by molar-refractivity contribution is 6.30. The SMILES string of the molecule is CCCCN(CCCC)C(=O)CCCOc1ccc(Cl)cc1C. The third-order valence-electron chi connectivity index (χ3n) is 3.85. The molecule has 0 aliphatic heterocycles. The molecular formula is C19H30ClNO2. The van der Waals surface area contributed by atoms with Gasteiger partial charge in [-0.15, -0.1) is 0 Å². The van der Waals surface area contributed by atoms with Crippen LogP contribution in [0, 0.1) is 6.92 Å². The van der Waals surface area contributed by atoms with Gasteiger partial charge in [0.15, 0.2) is 0 Å². The van der Waals surface area contributed by atoms with Crippen molar-refractivity contribution in [1.29, 1.82) is 0 Å². The zero-order valence-corrected chi connectivity index (χ0v) is 15.5. The predicted octanol–water partition coefficient (Wildman–Crippen LogP) is 5.24. The fourth-order valence-corrected chi connectivity index (χ4v) is 2.62. The van der Waals surface area contributed by atoms with Gasteiger partial charge in [-0.25, -0.2) is 0 Å². The summed E-state index contributed by atoms with van der Waals surface area (Å²) >= 11 is 5.93. The third kappa shape index (κ3) is 7.74. The van der Waals surface area contributed by atoms with Crippen molar-refractivity contribution in [1.82, 2.24) is 4.90 Å². The van der Waals surface area contributed by atoms with E-state index in [4.69, 9.17) is 16.3 Å². The maximum absolute atomic E-state index is 12.3. The van der Waals surface area contributed by atoms with Crippen LogP contribution < -0.4 is 4.74 Å². The number of carbonyl (C=O) groups excluding carboxylic acids is 1. The highest BCUT2D eigenvalue weighted by Crippen LogP contribution is 2.22. The molecular weight excluding hydrogens is 310 g/mol. The van der Waals surface area contributed by atoms with Crippen LogP contribution in [0.25, 0.3) is 0 Å². The number of halogens is 1. The normalized spacial score (nSPS) is 10.6. The molecule has 1 rings (SSSR count). The molecule has 23 heavy (non-hydrogen) atoms. The molecule has 0 saturated carbocycles. The Morgan fingerprint density at radius 2 is 1.78 bits per heavy atom. The van der Waals surface area contributed by atoms with Gasteiger partial charge in [-0.2, -0.15) is 0 Å². The Morgan fingerprint density at radius 3 is 2.35 bits per heavy atom. The van der Waals surface area contributed by atoms with E-state index in [2.05, 4.69) is 13.8 Å². The molecule has 0 aliphatic carbocycles. The zero-order valence-electron chi connectivity index (χ0n) is 14.7. The summed E-state index contributed by atoms with van der Waals surface area (Å²) in [5, 5.41) is 0.715. The lowest BCUT2D eigenvalue weighted by molar-refractivity contribution is -0.131. The Balaban J connectivity index is 2.35. The van der Waals surface area contributed by atoms with Crippen LogP contribution in [0.4, 0.5) is 0 Å². The largest absolute Gasteiger partial charge is 0.493 e. The van der Waals surface area contributed by atoms with Gasteiger partial charge in [-0.3, -0.25) is 4.79 Å². The molecule has 0 bridgehead atoms. The molecule has 0 unspecified atom stereocenters. The van der Waals surface area contributed by atoms with Crippen LogP contribution in [0.1, 0.15) is 57.9 Å². The average molecular weight is 340 g/mol. The maximum atomic E-state index is 12.3. The summed E-state index contributed by atoms with van der Waals surface area (Å²) in [7, 11) is 0. The van der Waals surface area contributed by atoms with Gasteiger partial charge in [-0.1, -0.05) is 38.3 Å². The van der Waals surface area contributed by atoms with Crippen LogP contribution in [0.5, 0.6) is 5.75 Å². The number of hydrogen-bond acceptors (Lipinski definition) is 2. The fourth-order valence-electron chi connectivity index (χ4n) is 2.40. The standard InChI is InChI=1S/C19H30ClNO2/c1-4-6-12-21(13-7-5-2)19(22)9-8-14-23-18-11-10-17(20)15-16(18)3/h10-11,15H,4-9,12-14H2,1-3H3. The van der Waals surface area contributed by atoms with Gasteiger partial charge in [0, 0.05) is 24.5 Å². The first-order chi connectivity index (χ1) is 11.1. The number of benzene rings is 1. The van der Waals surface area contributed by atoms with Gasteiger partial charge in [0.05, 0.1) is 6.61 Å². The van der Waals surface area contributed by atoms with Crippen LogP contribution in [0.15, 0.2) is 18.2 Å². The van der Waals surface area contributed by atoms with Gasteiger partial charge in [0.2, 0.25) is 5.91 Å². The van der Waals surface area contributed by atoms with E-state index >= 15 is 0 Å². The van der Waals surface area contributed by atoms with E-state index in [0.717, 1.165) is 56.5 Å². The number of aryl methyl sites for hydroxylation is 1. The first-order valence-corrected chi connectivity index (χ1v) is 9.13. The zero-order chi connectivity index (χ0) is 17.1. The van der Waals surface area contributed by atoms with Crippen LogP contribution in [0.3, 0.4) is 0 Å². The lowest BCUT2D eigenvalue weighted by Gasteiger charge is -2.22. The van der Waals surface area contributed by atoms with Crippen molar-refractivity contribution >= 4 is 17.5 Å². The third-order valence-corrected chi connectivity index (χ3v) is 4.08. The topological polar surface area (TPSA) is 29.5 Å². The van der Waals surface area contributed by atoms with E-state index in [1.165, 1.54) is 0 Å². The number of amides is 1. The average Bonchev–Trinajstić information content (AvgIpc) is 2.53. The summed E-state index contributed by atoms with van der Waals surface area (Å²) in [4.78, 5) is 14.3. The first kappa shape index (κ1) is 19.8. The molecule has 0 fully saturated rings. The number of rotatable bonds is 11. The lowest BCUT2D eigenvalue weighted by atomic mass is 10.2. The second-order valence-electron chi connectivity index (χ2n) is 5.95. The molecule has 0 spiro atoms. The molecule has 130 valence electrons. The second kappa shape index (κ2) is 11.3. The molecule has 4 heteroatoms. The summed E-state index contributed by atoms with van der Waals surface area (Å²) < 4.78 is 5.75. The number of hydrogen-bond donors (Lipinski definition) is 0. The Labute approximate surface area is 146 Å². The number of ether oxygens (including phenoxy) is 1. The van der Waals surface area contributed by atoms with Crippen molar-refractivity contribution in [2.24, 2.45) is 0 Å². The summed E-state index contributed by atoms with van der Waals surface area (Å²) in [6.07, 6.45) is 5.70. The maximum Gasteiger partial charge on any atom is 0.222 e. The Kier molecular flexibility index (Phi) is 9.77. The lowest BCUT2D eigenvalue weighted by Crippen LogP contribution is -2.33. The minimum Gasteiger partial charge on any atom is -0.493 e. The smallest absolute Gasteiger partial charge is 0.222 e. The van der Waals surface area contributed by atoms with Gasteiger partial charge < -0.3 is 9.64 Å². The van der Waals surface area contributed by atoms with E-state index in [-0.39, 0.29) is 5.91 Å². The molecule has 0 aromatic heterocycles. The molecule has 1 aromatic carbocycles. The van der Waals surface area contributed by atoms with Crippen molar-refractivity contribution < 1.29 is 9.53 Å². The van der Waals surface area contributed by atoms with E-state index in [0.29, 0.717) is 18.1 Å². The highest BCUT2D eigenvalue weighted by atomic mass is 35.5. The molecule has 3 nitrogen and oxygen atoms in total. The minimum absolute atomic E-state index is 0.253. The van der Waals surface area contributed by atoms with Crippen molar-refractivity contribution in [2.75, 3.05) is 19.7 Å².